The Morgan fingerprint density at radius 3 is 2.31 bits per heavy atom. The van der Waals surface area contributed by atoms with Crippen molar-refractivity contribution in [2.24, 2.45) is 0 Å². The van der Waals surface area contributed by atoms with Crippen molar-refractivity contribution < 1.29 is 9.59 Å². The fraction of sp³-hybridized carbons (Fsp3) is 0.300. The molecule has 0 unspecified atom stereocenters. The standard InChI is InChI=1S/C20H22Cl2N2O2/c1-3-23(14-16-8-5-4-6-9-16)19(26)12-13-24(15(2)25)18-11-7-10-17(21)20(18)22/h4-11H,3,12-14H2,1-2H3. The van der Waals surface area contributed by atoms with Crippen molar-refractivity contribution in [2.45, 2.75) is 26.8 Å². The summed E-state index contributed by atoms with van der Waals surface area (Å²) in [6.07, 6.45) is 0.211. The molecule has 0 aromatic heterocycles. The van der Waals surface area contributed by atoms with Gasteiger partial charge in [-0.05, 0) is 24.6 Å². The number of carbonyl (C=O) groups is 2. The lowest BCUT2D eigenvalue weighted by Crippen LogP contribution is -2.36. The van der Waals surface area contributed by atoms with E-state index in [0.29, 0.717) is 28.8 Å². The van der Waals surface area contributed by atoms with Gasteiger partial charge in [0, 0.05) is 33.0 Å². The minimum Gasteiger partial charge on any atom is -0.339 e. The van der Waals surface area contributed by atoms with Crippen LogP contribution in [0.25, 0.3) is 0 Å². The SMILES string of the molecule is CCN(Cc1ccccc1)C(=O)CCN(C(C)=O)c1cccc(Cl)c1Cl. The van der Waals surface area contributed by atoms with E-state index < -0.39 is 0 Å². The highest BCUT2D eigenvalue weighted by molar-refractivity contribution is 6.44. The van der Waals surface area contributed by atoms with Crippen molar-refractivity contribution in [2.75, 3.05) is 18.0 Å². The summed E-state index contributed by atoms with van der Waals surface area (Å²) in [5.74, 6) is -0.200. The fourth-order valence-electron chi connectivity index (χ4n) is 2.69. The van der Waals surface area contributed by atoms with Gasteiger partial charge in [0.25, 0.3) is 0 Å². The van der Waals surface area contributed by atoms with Crippen LogP contribution in [0.1, 0.15) is 25.8 Å². The van der Waals surface area contributed by atoms with Gasteiger partial charge in [-0.3, -0.25) is 9.59 Å². The first-order valence-corrected chi connectivity index (χ1v) is 9.23. The Morgan fingerprint density at radius 1 is 1.00 bits per heavy atom. The van der Waals surface area contributed by atoms with Gasteiger partial charge < -0.3 is 9.80 Å². The largest absolute Gasteiger partial charge is 0.339 e. The number of nitrogens with zero attached hydrogens (tertiary/aromatic N) is 2. The summed E-state index contributed by atoms with van der Waals surface area (Å²) in [7, 11) is 0. The summed E-state index contributed by atoms with van der Waals surface area (Å²) in [6, 6.07) is 14.9. The maximum absolute atomic E-state index is 12.6. The van der Waals surface area contributed by atoms with Crippen LogP contribution in [0, 0.1) is 0 Å². The third kappa shape index (κ3) is 5.23. The van der Waals surface area contributed by atoms with E-state index in [1.54, 1.807) is 23.1 Å². The third-order valence-corrected chi connectivity index (χ3v) is 4.91. The average Bonchev–Trinajstić information content (AvgIpc) is 2.63. The molecular formula is C20H22Cl2N2O2. The average molecular weight is 393 g/mol. The smallest absolute Gasteiger partial charge is 0.224 e. The molecule has 2 aromatic carbocycles. The molecule has 6 heteroatoms. The molecule has 4 nitrogen and oxygen atoms in total. The molecule has 0 heterocycles. The minimum absolute atomic E-state index is 0.0132. The van der Waals surface area contributed by atoms with E-state index in [1.807, 2.05) is 37.3 Å². The number of rotatable bonds is 7. The van der Waals surface area contributed by atoms with Crippen molar-refractivity contribution in [3.63, 3.8) is 0 Å². The van der Waals surface area contributed by atoms with Gasteiger partial charge in [0.05, 0.1) is 15.7 Å². The number of carbonyl (C=O) groups excluding carboxylic acids is 2. The van der Waals surface area contributed by atoms with E-state index in [9.17, 15) is 9.59 Å². The van der Waals surface area contributed by atoms with Gasteiger partial charge in [-0.25, -0.2) is 0 Å². The summed E-state index contributed by atoms with van der Waals surface area (Å²) in [6.45, 7) is 4.79. The van der Waals surface area contributed by atoms with Crippen molar-refractivity contribution in [3.05, 3.63) is 64.1 Å². The van der Waals surface area contributed by atoms with Crippen molar-refractivity contribution in [1.82, 2.24) is 4.90 Å². The molecule has 2 aromatic rings. The molecule has 0 aliphatic rings. The highest BCUT2D eigenvalue weighted by Crippen LogP contribution is 2.32. The van der Waals surface area contributed by atoms with E-state index in [0.717, 1.165) is 5.56 Å². The van der Waals surface area contributed by atoms with Gasteiger partial charge >= 0.3 is 0 Å². The Hall–Kier alpha value is -2.04. The molecule has 2 rings (SSSR count). The van der Waals surface area contributed by atoms with E-state index in [4.69, 9.17) is 23.2 Å². The number of benzene rings is 2. The van der Waals surface area contributed by atoms with Gasteiger partial charge in [0.15, 0.2) is 0 Å². The number of amides is 2. The first kappa shape index (κ1) is 20.3. The van der Waals surface area contributed by atoms with Gasteiger partial charge in [-0.15, -0.1) is 0 Å². The normalized spacial score (nSPS) is 10.5. The number of hydrogen-bond donors (Lipinski definition) is 0. The van der Waals surface area contributed by atoms with Crippen LogP contribution in [0.5, 0.6) is 0 Å². The van der Waals surface area contributed by atoms with Crippen LogP contribution in [-0.4, -0.2) is 29.8 Å². The van der Waals surface area contributed by atoms with Crippen LogP contribution >= 0.6 is 23.2 Å². The minimum atomic E-state index is -0.187. The van der Waals surface area contributed by atoms with Crippen LogP contribution in [0.3, 0.4) is 0 Å². The second-order valence-electron chi connectivity index (χ2n) is 5.89. The summed E-state index contributed by atoms with van der Waals surface area (Å²) in [5.41, 5.74) is 1.59. The van der Waals surface area contributed by atoms with E-state index in [2.05, 4.69) is 0 Å². The van der Waals surface area contributed by atoms with Gasteiger partial charge in [-0.2, -0.15) is 0 Å². The first-order valence-electron chi connectivity index (χ1n) is 8.47. The molecule has 0 bridgehead atoms. The number of halogens is 2. The molecule has 0 fully saturated rings. The molecule has 138 valence electrons. The highest BCUT2D eigenvalue weighted by Gasteiger charge is 2.19. The maximum Gasteiger partial charge on any atom is 0.224 e. The fourth-order valence-corrected chi connectivity index (χ4v) is 3.09. The quantitative estimate of drug-likeness (QED) is 0.679. The van der Waals surface area contributed by atoms with E-state index in [1.165, 1.54) is 11.8 Å². The number of hydrogen-bond acceptors (Lipinski definition) is 2. The van der Waals surface area contributed by atoms with Gasteiger partial charge in [0.2, 0.25) is 11.8 Å². The summed E-state index contributed by atoms with van der Waals surface area (Å²) >= 11 is 12.3. The molecule has 0 saturated carbocycles. The first-order chi connectivity index (χ1) is 12.4. The van der Waals surface area contributed by atoms with Crippen LogP contribution in [-0.2, 0) is 16.1 Å². The Balaban J connectivity index is 2.06. The Morgan fingerprint density at radius 2 is 1.69 bits per heavy atom. The lowest BCUT2D eigenvalue weighted by Gasteiger charge is -2.25. The van der Waals surface area contributed by atoms with Crippen molar-refractivity contribution in [3.8, 4) is 0 Å². The predicted molar refractivity (Wildman–Crippen MR) is 107 cm³/mol. The topological polar surface area (TPSA) is 40.6 Å². The molecular weight excluding hydrogens is 371 g/mol. The zero-order chi connectivity index (χ0) is 19.1. The lowest BCUT2D eigenvalue weighted by molar-refractivity contribution is -0.131. The molecule has 0 saturated heterocycles. The molecule has 0 N–H and O–H groups in total. The molecule has 0 aliphatic carbocycles. The predicted octanol–water partition coefficient (Wildman–Crippen LogP) is 4.79. The molecule has 0 spiro atoms. The Labute approximate surface area is 164 Å². The van der Waals surface area contributed by atoms with Crippen LogP contribution < -0.4 is 4.90 Å². The molecule has 2 amide bonds. The third-order valence-electron chi connectivity index (χ3n) is 4.10. The number of anilines is 1. The zero-order valence-electron chi connectivity index (χ0n) is 14.9. The maximum atomic E-state index is 12.6. The summed E-state index contributed by atoms with van der Waals surface area (Å²) in [4.78, 5) is 27.9. The van der Waals surface area contributed by atoms with Crippen molar-refractivity contribution >= 4 is 40.7 Å². The second kappa shape index (κ2) is 9.60. The zero-order valence-corrected chi connectivity index (χ0v) is 16.4. The van der Waals surface area contributed by atoms with E-state index >= 15 is 0 Å². The Bertz CT molecular complexity index is 766. The Kier molecular flexibility index (Phi) is 7.49. The lowest BCUT2D eigenvalue weighted by atomic mass is 10.2. The van der Waals surface area contributed by atoms with Crippen LogP contribution in [0.15, 0.2) is 48.5 Å². The van der Waals surface area contributed by atoms with Gasteiger partial charge in [-0.1, -0.05) is 59.6 Å². The highest BCUT2D eigenvalue weighted by atomic mass is 35.5. The molecule has 0 aliphatic heterocycles. The van der Waals surface area contributed by atoms with Crippen LogP contribution in [0.2, 0.25) is 10.0 Å². The summed E-state index contributed by atoms with van der Waals surface area (Å²) < 4.78 is 0. The van der Waals surface area contributed by atoms with E-state index in [-0.39, 0.29) is 24.8 Å². The summed E-state index contributed by atoms with van der Waals surface area (Å²) in [5, 5.41) is 0.689. The van der Waals surface area contributed by atoms with Crippen LogP contribution in [0.4, 0.5) is 5.69 Å². The molecule has 26 heavy (non-hydrogen) atoms. The monoisotopic (exact) mass is 392 g/mol. The molecule has 0 radical (unpaired) electrons. The second-order valence-corrected chi connectivity index (χ2v) is 6.67. The van der Waals surface area contributed by atoms with Gasteiger partial charge in [0.1, 0.15) is 0 Å². The molecule has 0 atom stereocenters. The van der Waals surface area contributed by atoms with Crippen molar-refractivity contribution in [1.29, 1.82) is 0 Å².